The standard InChI is InChI=1S/C20H27NO9/c1-3-15(22)28-10-12(29-16(23)4-2)9-26-7-8-27-11-21-19(24)17-13-5-6-14(30-13)18(17)20(21)25/h5-6,12-14,17-18H,3-4,7-11H2,1-2H3. The van der Waals surface area contributed by atoms with Gasteiger partial charge in [-0.3, -0.25) is 24.1 Å². The topological polar surface area (TPSA) is 118 Å². The molecule has 0 aromatic rings. The van der Waals surface area contributed by atoms with E-state index in [4.69, 9.17) is 23.7 Å². The third kappa shape index (κ3) is 4.88. The molecule has 2 amide bonds. The smallest absolute Gasteiger partial charge is 0.305 e. The van der Waals surface area contributed by atoms with E-state index in [0.29, 0.717) is 0 Å². The molecule has 0 spiro atoms. The molecule has 5 atom stereocenters. The summed E-state index contributed by atoms with van der Waals surface area (Å²) in [5.41, 5.74) is 0. The maximum atomic E-state index is 12.5. The van der Waals surface area contributed by atoms with E-state index >= 15 is 0 Å². The number of fused-ring (bicyclic) bond motifs is 5. The first-order valence-electron chi connectivity index (χ1n) is 10.2. The van der Waals surface area contributed by atoms with Crippen LogP contribution in [0.5, 0.6) is 0 Å². The predicted molar refractivity (Wildman–Crippen MR) is 99.7 cm³/mol. The van der Waals surface area contributed by atoms with Crippen LogP contribution in [0.15, 0.2) is 12.2 Å². The highest BCUT2D eigenvalue weighted by Gasteiger charge is 2.60. The zero-order chi connectivity index (χ0) is 21.7. The molecule has 30 heavy (non-hydrogen) atoms. The van der Waals surface area contributed by atoms with E-state index in [-0.39, 0.29) is 70.0 Å². The summed E-state index contributed by atoms with van der Waals surface area (Å²) in [6.45, 7) is 3.42. The first kappa shape index (κ1) is 22.4. The highest BCUT2D eigenvalue weighted by Crippen LogP contribution is 2.44. The van der Waals surface area contributed by atoms with Gasteiger partial charge in [-0.1, -0.05) is 26.0 Å². The van der Waals surface area contributed by atoms with Gasteiger partial charge >= 0.3 is 11.9 Å². The number of hydrogen-bond donors (Lipinski definition) is 0. The van der Waals surface area contributed by atoms with Crippen LogP contribution in [0.4, 0.5) is 0 Å². The molecule has 0 N–H and O–H groups in total. The summed E-state index contributed by atoms with van der Waals surface area (Å²) >= 11 is 0. The second kappa shape index (κ2) is 10.1. The summed E-state index contributed by atoms with van der Waals surface area (Å²) in [5, 5.41) is 0. The van der Waals surface area contributed by atoms with E-state index in [0.717, 1.165) is 4.90 Å². The summed E-state index contributed by atoms with van der Waals surface area (Å²) in [6, 6.07) is 0. The van der Waals surface area contributed by atoms with E-state index in [1.54, 1.807) is 13.8 Å². The molecule has 3 rings (SSSR count). The van der Waals surface area contributed by atoms with Crippen LogP contribution in [0, 0.1) is 11.8 Å². The Labute approximate surface area is 174 Å². The molecular weight excluding hydrogens is 398 g/mol. The van der Waals surface area contributed by atoms with Crippen molar-refractivity contribution in [3.05, 3.63) is 12.2 Å². The zero-order valence-electron chi connectivity index (χ0n) is 17.1. The zero-order valence-corrected chi connectivity index (χ0v) is 17.1. The molecule has 2 fully saturated rings. The van der Waals surface area contributed by atoms with Crippen LogP contribution in [0.3, 0.4) is 0 Å². The maximum Gasteiger partial charge on any atom is 0.305 e. The van der Waals surface area contributed by atoms with Crippen molar-refractivity contribution in [2.75, 3.05) is 33.2 Å². The monoisotopic (exact) mass is 425 g/mol. The van der Waals surface area contributed by atoms with Crippen molar-refractivity contribution in [1.29, 1.82) is 0 Å². The molecule has 5 unspecified atom stereocenters. The number of nitrogens with zero attached hydrogens (tertiary/aromatic N) is 1. The molecule has 0 saturated carbocycles. The summed E-state index contributed by atoms with van der Waals surface area (Å²) < 4.78 is 26.6. The molecule has 10 heteroatoms. The van der Waals surface area contributed by atoms with Crippen molar-refractivity contribution < 1.29 is 42.9 Å². The fourth-order valence-electron chi connectivity index (χ4n) is 3.65. The second-order valence-corrected chi connectivity index (χ2v) is 7.22. The predicted octanol–water partition coefficient (Wildman–Crippen LogP) is 0.191. The van der Waals surface area contributed by atoms with Crippen molar-refractivity contribution in [3.8, 4) is 0 Å². The Kier molecular flexibility index (Phi) is 7.57. The van der Waals surface area contributed by atoms with Crippen molar-refractivity contribution in [1.82, 2.24) is 4.90 Å². The average Bonchev–Trinajstić information content (AvgIpc) is 3.42. The van der Waals surface area contributed by atoms with E-state index in [1.807, 2.05) is 12.2 Å². The van der Waals surface area contributed by atoms with Gasteiger partial charge in [0.15, 0.2) is 6.10 Å². The Bertz CT molecular complexity index is 676. The lowest BCUT2D eigenvalue weighted by molar-refractivity contribution is -0.163. The number of carbonyl (C=O) groups excluding carboxylic acids is 4. The van der Waals surface area contributed by atoms with Gasteiger partial charge in [-0.05, 0) is 0 Å². The number of carbonyl (C=O) groups is 4. The Morgan fingerprint density at radius 2 is 1.57 bits per heavy atom. The van der Waals surface area contributed by atoms with Gasteiger partial charge in [0.05, 0.1) is 43.9 Å². The van der Waals surface area contributed by atoms with E-state index in [1.165, 1.54) is 0 Å². The van der Waals surface area contributed by atoms with Gasteiger partial charge in [-0.2, -0.15) is 0 Å². The third-order valence-electron chi connectivity index (χ3n) is 5.20. The maximum absolute atomic E-state index is 12.5. The second-order valence-electron chi connectivity index (χ2n) is 7.22. The molecular formula is C20H27NO9. The number of rotatable bonds is 12. The van der Waals surface area contributed by atoms with Gasteiger partial charge in [0.25, 0.3) is 0 Å². The molecule has 0 aromatic carbocycles. The quantitative estimate of drug-likeness (QED) is 0.187. The molecule has 3 heterocycles. The molecule has 0 radical (unpaired) electrons. The fraction of sp³-hybridized carbons (Fsp3) is 0.700. The number of esters is 2. The van der Waals surface area contributed by atoms with Crippen LogP contribution < -0.4 is 0 Å². The number of amides is 2. The average molecular weight is 425 g/mol. The minimum atomic E-state index is -0.711. The van der Waals surface area contributed by atoms with Crippen LogP contribution in [0.25, 0.3) is 0 Å². The van der Waals surface area contributed by atoms with Crippen LogP contribution in [-0.4, -0.2) is 80.1 Å². The molecule has 2 bridgehead atoms. The van der Waals surface area contributed by atoms with E-state index in [2.05, 4.69) is 0 Å². The van der Waals surface area contributed by atoms with Crippen LogP contribution in [0.2, 0.25) is 0 Å². The molecule has 3 aliphatic heterocycles. The Morgan fingerprint density at radius 1 is 0.967 bits per heavy atom. The number of hydrogen-bond acceptors (Lipinski definition) is 9. The van der Waals surface area contributed by atoms with Crippen molar-refractivity contribution >= 4 is 23.8 Å². The van der Waals surface area contributed by atoms with Gasteiger partial charge in [0, 0.05) is 12.8 Å². The largest absolute Gasteiger partial charge is 0.462 e. The number of imide groups is 1. The number of ether oxygens (including phenoxy) is 5. The highest BCUT2D eigenvalue weighted by atomic mass is 16.6. The Morgan fingerprint density at radius 3 is 2.17 bits per heavy atom. The van der Waals surface area contributed by atoms with Gasteiger partial charge in [0.2, 0.25) is 11.8 Å². The highest BCUT2D eigenvalue weighted by molar-refractivity contribution is 6.06. The summed E-state index contributed by atoms with van der Waals surface area (Å²) in [7, 11) is 0. The van der Waals surface area contributed by atoms with Gasteiger partial charge in [-0.15, -0.1) is 0 Å². The molecule has 3 aliphatic rings. The number of likely N-dealkylation sites (tertiary alicyclic amines) is 1. The van der Waals surface area contributed by atoms with Gasteiger partial charge < -0.3 is 23.7 Å². The van der Waals surface area contributed by atoms with Crippen molar-refractivity contribution in [2.45, 2.75) is 45.0 Å². The van der Waals surface area contributed by atoms with Crippen LogP contribution >= 0.6 is 0 Å². The van der Waals surface area contributed by atoms with E-state index in [9.17, 15) is 19.2 Å². The summed E-state index contributed by atoms with van der Waals surface area (Å²) in [5.74, 6) is -2.26. The lowest BCUT2D eigenvalue weighted by atomic mass is 9.85. The van der Waals surface area contributed by atoms with E-state index < -0.39 is 29.9 Å². The van der Waals surface area contributed by atoms with Gasteiger partial charge in [-0.25, -0.2) is 0 Å². The molecule has 10 nitrogen and oxygen atoms in total. The minimum Gasteiger partial charge on any atom is -0.462 e. The third-order valence-corrected chi connectivity index (χ3v) is 5.20. The minimum absolute atomic E-state index is 0.0319. The summed E-state index contributed by atoms with van der Waals surface area (Å²) in [6.07, 6.45) is 2.72. The van der Waals surface area contributed by atoms with Crippen LogP contribution in [-0.2, 0) is 42.9 Å². The summed E-state index contributed by atoms with van der Waals surface area (Å²) in [4.78, 5) is 48.8. The van der Waals surface area contributed by atoms with Crippen molar-refractivity contribution in [3.63, 3.8) is 0 Å². The first-order chi connectivity index (χ1) is 14.5. The molecule has 0 aromatic heterocycles. The normalized spacial score (nSPS) is 27.5. The van der Waals surface area contributed by atoms with Gasteiger partial charge in [0.1, 0.15) is 13.3 Å². The molecule has 2 saturated heterocycles. The SMILES string of the molecule is CCC(=O)OCC(COCCOCN1C(=O)C2C3C=CC(O3)C2C1=O)OC(=O)CC. The Balaban J connectivity index is 1.35. The molecule has 166 valence electrons. The fourth-order valence-corrected chi connectivity index (χ4v) is 3.65. The lowest BCUT2D eigenvalue weighted by Crippen LogP contribution is -2.36. The molecule has 0 aliphatic carbocycles. The Hall–Kier alpha value is -2.30. The van der Waals surface area contributed by atoms with Crippen LogP contribution in [0.1, 0.15) is 26.7 Å². The first-order valence-corrected chi connectivity index (χ1v) is 10.2. The lowest BCUT2D eigenvalue weighted by Gasteiger charge is -2.19. The van der Waals surface area contributed by atoms with Crippen molar-refractivity contribution in [2.24, 2.45) is 11.8 Å².